The van der Waals surface area contributed by atoms with Crippen LogP contribution in [0.3, 0.4) is 0 Å². The quantitative estimate of drug-likeness (QED) is 0.896. The van der Waals surface area contributed by atoms with Crippen LogP contribution in [-0.2, 0) is 11.3 Å². The van der Waals surface area contributed by atoms with Crippen molar-refractivity contribution in [3.8, 4) is 0 Å². The molecule has 0 aliphatic carbocycles. The maximum atomic E-state index is 12.1. The molecule has 0 spiro atoms. The molecule has 0 radical (unpaired) electrons. The van der Waals surface area contributed by atoms with Gasteiger partial charge in [0.05, 0.1) is 11.9 Å². The van der Waals surface area contributed by atoms with Crippen LogP contribution in [0.4, 0.5) is 5.69 Å². The van der Waals surface area contributed by atoms with Crippen molar-refractivity contribution in [1.82, 2.24) is 9.78 Å². The first-order valence-corrected chi connectivity index (χ1v) is 6.56. The Labute approximate surface area is 123 Å². The molecule has 0 saturated heterocycles. The van der Waals surface area contributed by atoms with Crippen LogP contribution in [0, 0.1) is 6.92 Å². The Kier molecular flexibility index (Phi) is 4.19. The van der Waals surface area contributed by atoms with Crippen molar-refractivity contribution >= 4 is 33.5 Å². The van der Waals surface area contributed by atoms with E-state index in [2.05, 4.69) is 26.3 Å². The maximum absolute atomic E-state index is 12.1. The van der Waals surface area contributed by atoms with Gasteiger partial charge in [0.2, 0.25) is 0 Å². The molecule has 6 nitrogen and oxygen atoms in total. The fourth-order valence-corrected chi connectivity index (χ4v) is 2.33. The molecule has 2 aromatic rings. The summed E-state index contributed by atoms with van der Waals surface area (Å²) in [7, 11) is 0. The number of nitrogens with one attached hydrogen (secondary N) is 1. The zero-order valence-electron chi connectivity index (χ0n) is 10.6. The first-order chi connectivity index (χ1) is 9.44. The number of carboxylic acids is 1. The number of rotatable bonds is 4. The summed E-state index contributed by atoms with van der Waals surface area (Å²) in [6, 6.07) is 5.38. The molecule has 20 heavy (non-hydrogen) atoms. The zero-order valence-corrected chi connectivity index (χ0v) is 12.2. The molecule has 0 bridgehead atoms. The van der Waals surface area contributed by atoms with E-state index >= 15 is 0 Å². The van der Waals surface area contributed by atoms with Crippen molar-refractivity contribution < 1.29 is 14.7 Å². The van der Waals surface area contributed by atoms with Crippen LogP contribution in [0.25, 0.3) is 0 Å². The monoisotopic (exact) mass is 337 g/mol. The van der Waals surface area contributed by atoms with E-state index in [0.717, 1.165) is 10.0 Å². The van der Waals surface area contributed by atoms with Gasteiger partial charge in [-0.25, -0.2) is 0 Å². The van der Waals surface area contributed by atoms with Gasteiger partial charge >= 0.3 is 5.97 Å². The molecule has 0 atom stereocenters. The zero-order chi connectivity index (χ0) is 14.7. The Hall–Kier alpha value is -2.15. The van der Waals surface area contributed by atoms with Crippen molar-refractivity contribution in [2.45, 2.75) is 13.5 Å². The number of aryl methyl sites for hydroxylation is 1. The molecule has 0 aliphatic heterocycles. The van der Waals surface area contributed by atoms with Crippen molar-refractivity contribution in [1.29, 1.82) is 0 Å². The Balaban J connectivity index is 2.11. The SMILES string of the molecule is Cc1cc(Br)cc(C(=O)Nc2cnn(CC(=O)O)c2)c1. The second kappa shape index (κ2) is 5.87. The topological polar surface area (TPSA) is 84.2 Å². The van der Waals surface area contributed by atoms with Gasteiger partial charge in [-0.2, -0.15) is 5.10 Å². The van der Waals surface area contributed by atoms with Crippen LogP contribution >= 0.6 is 15.9 Å². The Morgan fingerprint density at radius 3 is 2.80 bits per heavy atom. The summed E-state index contributed by atoms with van der Waals surface area (Å²) < 4.78 is 2.06. The van der Waals surface area contributed by atoms with Crippen molar-refractivity contribution in [3.05, 3.63) is 46.2 Å². The molecule has 104 valence electrons. The molecule has 0 unspecified atom stereocenters. The highest BCUT2D eigenvalue weighted by molar-refractivity contribution is 9.10. The third-order valence-electron chi connectivity index (χ3n) is 2.49. The number of carbonyl (C=O) groups is 2. The third kappa shape index (κ3) is 3.67. The number of anilines is 1. The number of hydrogen-bond donors (Lipinski definition) is 2. The van der Waals surface area contributed by atoms with Crippen molar-refractivity contribution in [2.24, 2.45) is 0 Å². The average molecular weight is 338 g/mol. The second-order valence-corrected chi connectivity index (χ2v) is 5.21. The largest absolute Gasteiger partial charge is 0.480 e. The molecule has 1 aromatic carbocycles. The highest BCUT2D eigenvalue weighted by Gasteiger charge is 2.09. The van der Waals surface area contributed by atoms with Crippen LogP contribution in [0.5, 0.6) is 0 Å². The van der Waals surface area contributed by atoms with Crippen molar-refractivity contribution in [2.75, 3.05) is 5.32 Å². The molecule has 1 aromatic heterocycles. The lowest BCUT2D eigenvalue weighted by atomic mass is 10.1. The summed E-state index contributed by atoms with van der Waals surface area (Å²) in [4.78, 5) is 22.6. The second-order valence-electron chi connectivity index (χ2n) is 4.29. The van der Waals surface area contributed by atoms with E-state index in [1.165, 1.54) is 17.1 Å². The number of nitrogens with zero attached hydrogens (tertiary/aromatic N) is 2. The standard InChI is InChI=1S/C13H12BrN3O3/c1-8-2-9(4-10(14)3-8)13(20)16-11-5-15-17(6-11)7-12(18)19/h2-6H,7H2,1H3,(H,16,20)(H,18,19). The van der Waals surface area contributed by atoms with Crippen LogP contribution < -0.4 is 5.32 Å². The van der Waals surface area contributed by atoms with E-state index in [0.29, 0.717) is 11.3 Å². The number of hydrogen-bond acceptors (Lipinski definition) is 3. The van der Waals surface area contributed by atoms with Gasteiger partial charge in [-0.05, 0) is 30.7 Å². The lowest BCUT2D eigenvalue weighted by Crippen LogP contribution is -2.12. The molecule has 1 heterocycles. The van der Waals surface area contributed by atoms with Gasteiger partial charge in [0.25, 0.3) is 5.91 Å². The van der Waals surface area contributed by atoms with Crippen LogP contribution in [-0.4, -0.2) is 26.8 Å². The van der Waals surface area contributed by atoms with E-state index in [1.54, 1.807) is 12.1 Å². The number of aromatic nitrogens is 2. The molecular formula is C13H12BrN3O3. The molecule has 7 heteroatoms. The van der Waals surface area contributed by atoms with Crippen molar-refractivity contribution in [3.63, 3.8) is 0 Å². The van der Waals surface area contributed by atoms with Gasteiger partial charge in [-0.3, -0.25) is 14.3 Å². The van der Waals surface area contributed by atoms with E-state index in [4.69, 9.17) is 5.11 Å². The Bertz CT molecular complexity index is 646. The molecule has 0 fully saturated rings. The molecule has 0 saturated carbocycles. The average Bonchev–Trinajstić information content (AvgIpc) is 2.74. The van der Waals surface area contributed by atoms with Crippen LogP contribution in [0.2, 0.25) is 0 Å². The molecule has 1 amide bonds. The molecular weight excluding hydrogens is 326 g/mol. The summed E-state index contributed by atoms with van der Waals surface area (Å²) >= 11 is 3.34. The first kappa shape index (κ1) is 14.3. The van der Waals surface area contributed by atoms with E-state index < -0.39 is 5.97 Å². The van der Waals surface area contributed by atoms with Crippen LogP contribution in [0.15, 0.2) is 35.1 Å². The minimum atomic E-state index is -0.992. The summed E-state index contributed by atoms with van der Waals surface area (Å²) in [6.45, 7) is 1.65. The van der Waals surface area contributed by atoms with Gasteiger partial charge in [-0.1, -0.05) is 15.9 Å². The van der Waals surface area contributed by atoms with E-state index in [9.17, 15) is 9.59 Å². The Morgan fingerprint density at radius 2 is 2.15 bits per heavy atom. The van der Waals surface area contributed by atoms with Crippen LogP contribution in [0.1, 0.15) is 15.9 Å². The summed E-state index contributed by atoms with van der Waals surface area (Å²) in [5.41, 5.74) is 1.93. The predicted octanol–water partition coefficient (Wildman–Crippen LogP) is 2.29. The molecule has 2 N–H and O–H groups in total. The van der Waals surface area contributed by atoms with Gasteiger partial charge < -0.3 is 10.4 Å². The molecule has 2 rings (SSSR count). The number of benzene rings is 1. The lowest BCUT2D eigenvalue weighted by molar-refractivity contribution is -0.137. The fraction of sp³-hybridized carbons (Fsp3) is 0.154. The summed E-state index contributed by atoms with van der Waals surface area (Å²) in [5.74, 6) is -1.27. The van der Waals surface area contributed by atoms with Gasteiger partial charge in [0, 0.05) is 16.2 Å². The smallest absolute Gasteiger partial charge is 0.325 e. The minimum Gasteiger partial charge on any atom is -0.480 e. The van der Waals surface area contributed by atoms with E-state index in [-0.39, 0.29) is 12.5 Å². The number of carboxylic acid groups (broad SMARTS) is 1. The minimum absolute atomic E-state index is 0.244. The highest BCUT2D eigenvalue weighted by atomic mass is 79.9. The first-order valence-electron chi connectivity index (χ1n) is 5.77. The Morgan fingerprint density at radius 1 is 1.40 bits per heavy atom. The number of halogens is 1. The normalized spacial score (nSPS) is 10.3. The lowest BCUT2D eigenvalue weighted by Gasteiger charge is -2.04. The summed E-state index contributed by atoms with van der Waals surface area (Å²) in [5, 5.41) is 15.2. The highest BCUT2D eigenvalue weighted by Crippen LogP contribution is 2.16. The van der Waals surface area contributed by atoms with Gasteiger partial charge in [-0.15, -0.1) is 0 Å². The maximum Gasteiger partial charge on any atom is 0.325 e. The van der Waals surface area contributed by atoms with Gasteiger partial charge in [0.1, 0.15) is 6.54 Å². The number of amides is 1. The molecule has 0 aliphatic rings. The number of carbonyl (C=O) groups excluding carboxylic acids is 1. The van der Waals surface area contributed by atoms with Gasteiger partial charge in [0.15, 0.2) is 0 Å². The predicted molar refractivity (Wildman–Crippen MR) is 76.7 cm³/mol. The van der Waals surface area contributed by atoms with E-state index in [1.807, 2.05) is 13.0 Å². The third-order valence-corrected chi connectivity index (χ3v) is 2.95. The summed E-state index contributed by atoms with van der Waals surface area (Å²) in [6.07, 6.45) is 2.88. The number of aliphatic carboxylic acids is 1. The fourth-order valence-electron chi connectivity index (χ4n) is 1.72.